The fraction of sp³-hybridized carbons (Fsp3) is 0.737. The molecule has 5 nitrogen and oxygen atoms in total. The van der Waals surface area contributed by atoms with Crippen LogP contribution in [0, 0.1) is 0 Å². The van der Waals surface area contributed by atoms with Gasteiger partial charge in [-0.15, -0.1) is 0 Å². The predicted molar refractivity (Wildman–Crippen MR) is 96.3 cm³/mol. The minimum Gasteiger partial charge on any atom is -0.469 e. The molecule has 0 amide bonds. The van der Waals surface area contributed by atoms with Gasteiger partial charge in [-0.1, -0.05) is 19.3 Å². The van der Waals surface area contributed by atoms with Crippen molar-refractivity contribution in [3.8, 4) is 0 Å². The van der Waals surface area contributed by atoms with Crippen LogP contribution in [0.25, 0.3) is 0 Å². The fourth-order valence-electron chi connectivity index (χ4n) is 3.56. The maximum absolute atomic E-state index is 5.87. The monoisotopic (exact) mass is 333 g/mol. The number of rotatable bonds is 6. The molecule has 1 unspecified atom stereocenters. The van der Waals surface area contributed by atoms with E-state index < -0.39 is 0 Å². The Morgan fingerprint density at radius 1 is 1.29 bits per heavy atom. The molecule has 1 saturated carbocycles. The van der Waals surface area contributed by atoms with Crippen LogP contribution in [0.1, 0.15) is 57.6 Å². The summed E-state index contributed by atoms with van der Waals surface area (Å²) in [6, 6.07) is 4.49. The number of furan rings is 1. The van der Waals surface area contributed by atoms with Crippen LogP contribution >= 0.6 is 0 Å². The summed E-state index contributed by atoms with van der Waals surface area (Å²) in [7, 11) is 0. The summed E-state index contributed by atoms with van der Waals surface area (Å²) >= 11 is 0. The SMILES string of the molecule is CC1(CN=C(NCCc2ccco2)NC2CCCCC2)CCCO1. The fourth-order valence-corrected chi connectivity index (χ4v) is 3.56. The van der Waals surface area contributed by atoms with Gasteiger partial charge in [0.2, 0.25) is 0 Å². The van der Waals surface area contributed by atoms with Crippen molar-refractivity contribution < 1.29 is 9.15 Å². The molecule has 3 rings (SSSR count). The third-order valence-electron chi connectivity index (χ3n) is 5.06. The average molecular weight is 333 g/mol. The van der Waals surface area contributed by atoms with Gasteiger partial charge in [-0.3, -0.25) is 4.99 Å². The quantitative estimate of drug-likeness (QED) is 0.620. The first-order valence-electron chi connectivity index (χ1n) is 9.45. The molecule has 24 heavy (non-hydrogen) atoms. The number of hydrogen-bond donors (Lipinski definition) is 2. The highest BCUT2D eigenvalue weighted by atomic mass is 16.5. The van der Waals surface area contributed by atoms with Gasteiger partial charge in [-0.2, -0.15) is 0 Å². The van der Waals surface area contributed by atoms with Gasteiger partial charge < -0.3 is 19.8 Å². The van der Waals surface area contributed by atoms with Gasteiger partial charge in [-0.05, 0) is 44.7 Å². The highest BCUT2D eigenvalue weighted by molar-refractivity contribution is 5.80. The Balaban J connectivity index is 1.54. The van der Waals surface area contributed by atoms with Gasteiger partial charge in [-0.25, -0.2) is 0 Å². The molecule has 1 aliphatic heterocycles. The highest BCUT2D eigenvalue weighted by Gasteiger charge is 2.29. The van der Waals surface area contributed by atoms with Crippen LogP contribution in [-0.4, -0.2) is 37.3 Å². The summed E-state index contributed by atoms with van der Waals surface area (Å²) in [6.07, 6.45) is 11.3. The van der Waals surface area contributed by atoms with Crippen LogP contribution in [0.4, 0.5) is 0 Å². The van der Waals surface area contributed by atoms with E-state index in [1.807, 2.05) is 12.1 Å². The summed E-state index contributed by atoms with van der Waals surface area (Å²) < 4.78 is 11.3. The first-order valence-corrected chi connectivity index (χ1v) is 9.45. The Kier molecular flexibility index (Phi) is 6.18. The van der Waals surface area contributed by atoms with Crippen LogP contribution in [0.3, 0.4) is 0 Å². The Morgan fingerprint density at radius 3 is 2.88 bits per heavy atom. The van der Waals surface area contributed by atoms with Crippen LogP contribution < -0.4 is 10.6 Å². The lowest BCUT2D eigenvalue weighted by atomic mass is 9.96. The first kappa shape index (κ1) is 17.3. The smallest absolute Gasteiger partial charge is 0.191 e. The Morgan fingerprint density at radius 2 is 2.17 bits per heavy atom. The van der Waals surface area contributed by atoms with Gasteiger partial charge >= 0.3 is 0 Å². The van der Waals surface area contributed by atoms with Crippen molar-refractivity contribution in [2.45, 2.75) is 69.9 Å². The Labute approximate surface area is 145 Å². The van der Waals surface area contributed by atoms with E-state index in [4.69, 9.17) is 14.1 Å². The molecule has 1 aliphatic carbocycles. The van der Waals surface area contributed by atoms with Crippen LogP contribution in [-0.2, 0) is 11.2 Å². The summed E-state index contributed by atoms with van der Waals surface area (Å²) in [5, 5.41) is 7.10. The van der Waals surface area contributed by atoms with Crippen molar-refractivity contribution in [3.63, 3.8) is 0 Å². The second-order valence-electron chi connectivity index (χ2n) is 7.30. The summed E-state index contributed by atoms with van der Waals surface area (Å²) in [4.78, 5) is 4.83. The minimum absolute atomic E-state index is 0.0951. The molecule has 2 heterocycles. The number of ether oxygens (including phenoxy) is 1. The molecule has 5 heteroatoms. The van der Waals surface area contributed by atoms with E-state index in [2.05, 4.69) is 17.6 Å². The lowest BCUT2D eigenvalue weighted by Crippen LogP contribution is -2.45. The van der Waals surface area contributed by atoms with Crippen LogP contribution in [0.5, 0.6) is 0 Å². The molecular weight excluding hydrogens is 302 g/mol. The second kappa shape index (κ2) is 8.56. The largest absolute Gasteiger partial charge is 0.469 e. The molecule has 2 N–H and O–H groups in total. The van der Waals surface area contributed by atoms with Crippen molar-refractivity contribution in [1.82, 2.24) is 10.6 Å². The molecule has 0 aromatic carbocycles. The van der Waals surface area contributed by atoms with Gasteiger partial charge in [0.15, 0.2) is 5.96 Å². The van der Waals surface area contributed by atoms with E-state index in [9.17, 15) is 0 Å². The number of nitrogens with one attached hydrogen (secondary N) is 2. The maximum Gasteiger partial charge on any atom is 0.191 e. The number of aliphatic imine (C=N–C) groups is 1. The van der Waals surface area contributed by atoms with E-state index in [0.29, 0.717) is 6.04 Å². The number of hydrogen-bond acceptors (Lipinski definition) is 3. The maximum atomic E-state index is 5.87. The molecule has 0 bridgehead atoms. The molecule has 1 atom stereocenters. The molecule has 1 aromatic heterocycles. The molecule has 134 valence electrons. The normalized spacial score (nSPS) is 25.8. The molecular formula is C19H31N3O2. The van der Waals surface area contributed by atoms with E-state index in [1.54, 1.807) is 6.26 Å². The number of nitrogens with zero attached hydrogens (tertiary/aromatic N) is 1. The van der Waals surface area contributed by atoms with Gasteiger partial charge in [0.05, 0.1) is 18.4 Å². The summed E-state index contributed by atoms with van der Waals surface area (Å²) in [5.74, 6) is 1.93. The first-order chi connectivity index (χ1) is 11.7. The predicted octanol–water partition coefficient (Wildman–Crippen LogP) is 3.26. The second-order valence-corrected chi connectivity index (χ2v) is 7.30. The average Bonchev–Trinajstić information content (AvgIpc) is 3.26. The van der Waals surface area contributed by atoms with Crippen molar-refractivity contribution in [3.05, 3.63) is 24.2 Å². The topological polar surface area (TPSA) is 58.8 Å². The van der Waals surface area contributed by atoms with E-state index in [0.717, 1.165) is 50.7 Å². The van der Waals surface area contributed by atoms with Crippen molar-refractivity contribution in [1.29, 1.82) is 0 Å². The molecule has 2 aliphatic rings. The van der Waals surface area contributed by atoms with E-state index >= 15 is 0 Å². The zero-order valence-corrected chi connectivity index (χ0v) is 14.9. The zero-order chi connectivity index (χ0) is 16.7. The zero-order valence-electron chi connectivity index (χ0n) is 14.9. The third-order valence-corrected chi connectivity index (χ3v) is 5.06. The van der Waals surface area contributed by atoms with Crippen LogP contribution in [0.15, 0.2) is 27.8 Å². The lowest BCUT2D eigenvalue weighted by Gasteiger charge is -2.26. The third kappa shape index (κ3) is 5.26. The van der Waals surface area contributed by atoms with Gasteiger partial charge in [0, 0.05) is 25.6 Å². The lowest BCUT2D eigenvalue weighted by molar-refractivity contribution is 0.0283. The minimum atomic E-state index is -0.0951. The molecule has 2 fully saturated rings. The summed E-state index contributed by atoms with van der Waals surface area (Å²) in [5.41, 5.74) is -0.0951. The van der Waals surface area contributed by atoms with Crippen LogP contribution in [0.2, 0.25) is 0 Å². The Bertz CT molecular complexity index is 501. The molecule has 1 aromatic rings. The van der Waals surface area contributed by atoms with Gasteiger partial charge in [0.1, 0.15) is 5.76 Å². The molecule has 1 saturated heterocycles. The van der Waals surface area contributed by atoms with Crippen molar-refractivity contribution in [2.75, 3.05) is 19.7 Å². The van der Waals surface area contributed by atoms with E-state index in [-0.39, 0.29) is 5.60 Å². The van der Waals surface area contributed by atoms with Crippen molar-refractivity contribution in [2.24, 2.45) is 4.99 Å². The van der Waals surface area contributed by atoms with Gasteiger partial charge in [0.25, 0.3) is 0 Å². The molecule has 0 radical (unpaired) electrons. The summed E-state index contributed by atoms with van der Waals surface area (Å²) in [6.45, 7) is 4.58. The highest BCUT2D eigenvalue weighted by Crippen LogP contribution is 2.25. The van der Waals surface area contributed by atoms with E-state index in [1.165, 1.54) is 32.1 Å². The molecule has 0 spiro atoms. The Hall–Kier alpha value is -1.49. The standard InChI is InChI=1S/C19H31N3O2/c1-19(11-6-14-24-19)15-21-18(22-16-7-3-2-4-8-16)20-12-10-17-9-5-13-23-17/h5,9,13,16H,2-4,6-8,10-12,14-15H2,1H3,(H2,20,21,22). The van der Waals surface area contributed by atoms with Crippen molar-refractivity contribution >= 4 is 5.96 Å². The number of guanidine groups is 1.